The van der Waals surface area contributed by atoms with Crippen molar-refractivity contribution in [1.29, 1.82) is 0 Å². The van der Waals surface area contributed by atoms with Gasteiger partial charge in [0, 0.05) is 7.41 Å². The van der Waals surface area contributed by atoms with Gasteiger partial charge in [-0.25, -0.2) is 8.78 Å². The van der Waals surface area contributed by atoms with Gasteiger partial charge in [-0.3, -0.25) is 9.59 Å². The van der Waals surface area contributed by atoms with Crippen LogP contribution in [0.4, 0.5) is 8.78 Å². The van der Waals surface area contributed by atoms with Gasteiger partial charge in [-0.1, -0.05) is 63.2 Å². The molecule has 0 radical (unpaired) electrons. The fraction of sp³-hybridized carbons (Fsp3) is 0.366. The maximum Gasteiger partial charge on any atom is 0.307 e. The molecular weight excluding hydrogens is 673 g/mol. The van der Waals surface area contributed by atoms with E-state index < -0.39 is 6.04 Å². The maximum absolute atomic E-state index is 13.5. The summed E-state index contributed by atoms with van der Waals surface area (Å²) in [5, 5.41) is 0. The van der Waals surface area contributed by atoms with Crippen LogP contribution in [0.2, 0.25) is 0 Å². The third-order valence-electron chi connectivity index (χ3n) is 7.81. The molecule has 0 aliphatic rings. The van der Waals surface area contributed by atoms with E-state index in [0.29, 0.717) is 26.5 Å². The average molecular weight is 729 g/mol. The van der Waals surface area contributed by atoms with Crippen molar-refractivity contribution < 1.29 is 29.2 Å². The zero-order chi connectivity index (χ0) is 36.7. The Morgan fingerprint density at radius 3 is 1.46 bits per heavy atom. The topological polar surface area (TPSA) is 78.6 Å². The van der Waals surface area contributed by atoms with E-state index in [-0.39, 0.29) is 62.9 Å². The number of esters is 2. The van der Waals surface area contributed by atoms with Crippen LogP contribution in [0.25, 0.3) is 22.3 Å². The summed E-state index contributed by atoms with van der Waals surface area (Å²) in [5.74, 6) is -0.858. The molecule has 4 rings (SSSR count). The summed E-state index contributed by atoms with van der Waals surface area (Å²) in [7, 11) is 0. The van der Waals surface area contributed by atoms with Crippen molar-refractivity contribution >= 4 is 38.9 Å². The van der Waals surface area contributed by atoms with Gasteiger partial charge in [-0.2, -0.15) is 27.0 Å². The SMILES string of the molecule is CCOC(=O)C[C@H](C)c1cccc(-c2c(C)cc(F)cc2C)c1.CCOC(=O)C[C@H](N)c1cccc(-c2c(C)cc(F)cc2C)c1.S.S.[2H]CC. The lowest BCUT2D eigenvalue weighted by Crippen LogP contribution is -2.17. The molecule has 0 bridgehead atoms. The second kappa shape index (κ2) is 22.9. The van der Waals surface area contributed by atoms with Crippen LogP contribution in [-0.2, 0) is 19.1 Å². The van der Waals surface area contributed by atoms with Crippen LogP contribution in [0.3, 0.4) is 0 Å². The number of aryl methyl sites for hydroxylation is 4. The Labute approximate surface area is 313 Å². The molecular formula is C41H55F2NO4S2. The number of carbonyl (C=O) groups is 2. The molecule has 0 saturated heterocycles. The molecule has 0 aliphatic heterocycles. The zero-order valence-electron chi connectivity index (χ0n) is 31.6. The van der Waals surface area contributed by atoms with Crippen molar-refractivity contribution in [3.8, 4) is 22.3 Å². The van der Waals surface area contributed by atoms with Crippen molar-refractivity contribution in [2.24, 2.45) is 5.73 Å². The van der Waals surface area contributed by atoms with Gasteiger partial charge in [0.1, 0.15) is 11.6 Å². The van der Waals surface area contributed by atoms with E-state index in [1.165, 1.54) is 12.1 Å². The Bertz CT molecular complexity index is 1530. The molecule has 9 heteroatoms. The van der Waals surface area contributed by atoms with Crippen LogP contribution in [0.1, 0.15) is 94.1 Å². The molecule has 0 aromatic heterocycles. The van der Waals surface area contributed by atoms with E-state index in [1.807, 2.05) is 84.0 Å². The molecule has 4 aromatic rings. The summed E-state index contributed by atoms with van der Waals surface area (Å²) in [4.78, 5) is 23.2. The summed E-state index contributed by atoms with van der Waals surface area (Å²) in [6, 6.07) is 21.5. The molecule has 0 aliphatic carbocycles. The molecule has 0 amide bonds. The minimum atomic E-state index is -0.421. The summed E-state index contributed by atoms with van der Waals surface area (Å²) in [6.07, 6.45) is 0.497. The summed E-state index contributed by atoms with van der Waals surface area (Å²) < 4.78 is 43.1. The molecule has 50 heavy (non-hydrogen) atoms. The first-order valence-corrected chi connectivity index (χ1v) is 16.4. The van der Waals surface area contributed by atoms with E-state index in [2.05, 4.69) is 6.07 Å². The molecule has 2 N–H and O–H groups in total. The molecule has 5 nitrogen and oxygen atoms in total. The first kappa shape index (κ1) is 44.4. The number of halogens is 2. The Hall–Kier alpha value is -3.66. The number of hydrogen-bond donors (Lipinski definition) is 1. The number of carbonyl (C=O) groups excluding carboxylic acids is 2. The number of rotatable bonds is 10. The van der Waals surface area contributed by atoms with Crippen molar-refractivity contribution in [2.75, 3.05) is 13.2 Å². The lowest BCUT2D eigenvalue weighted by atomic mass is 9.91. The second-order valence-corrected chi connectivity index (χ2v) is 11.6. The lowest BCUT2D eigenvalue weighted by molar-refractivity contribution is -0.144. The number of hydrogen-bond acceptors (Lipinski definition) is 5. The Morgan fingerprint density at radius 2 is 1.06 bits per heavy atom. The molecule has 4 aromatic carbocycles. The maximum atomic E-state index is 13.5. The zero-order valence-corrected chi connectivity index (χ0v) is 32.6. The smallest absolute Gasteiger partial charge is 0.307 e. The van der Waals surface area contributed by atoms with Gasteiger partial charge in [0.2, 0.25) is 0 Å². The Morgan fingerprint density at radius 1 is 0.700 bits per heavy atom. The molecule has 0 saturated carbocycles. The van der Waals surface area contributed by atoms with Crippen LogP contribution in [0, 0.1) is 39.3 Å². The molecule has 0 spiro atoms. The molecule has 0 heterocycles. The predicted molar refractivity (Wildman–Crippen MR) is 213 cm³/mol. The molecule has 0 fully saturated rings. The van der Waals surface area contributed by atoms with Crippen LogP contribution in [0.15, 0.2) is 72.8 Å². The minimum Gasteiger partial charge on any atom is -0.466 e. The normalized spacial score (nSPS) is 11.5. The monoisotopic (exact) mass is 728 g/mol. The number of ether oxygens (including phenoxy) is 2. The lowest BCUT2D eigenvalue weighted by Gasteiger charge is -2.15. The van der Waals surface area contributed by atoms with Gasteiger partial charge in [-0.05, 0) is 133 Å². The predicted octanol–water partition coefficient (Wildman–Crippen LogP) is 10.5. The van der Waals surface area contributed by atoms with Gasteiger partial charge in [0.05, 0.1) is 26.1 Å². The van der Waals surface area contributed by atoms with Crippen molar-refractivity contribution in [1.82, 2.24) is 0 Å². The first-order chi connectivity index (χ1) is 23.3. The number of nitrogens with two attached hydrogens (primary N) is 1. The Balaban J connectivity index is 0.000000878. The van der Waals surface area contributed by atoms with E-state index >= 15 is 0 Å². The van der Waals surface area contributed by atoms with E-state index in [9.17, 15) is 18.4 Å². The minimum absolute atomic E-state index is 0. The Kier molecular flexibility index (Phi) is 20.4. The highest BCUT2D eigenvalue weighted by molar-refractivity contribution is 7.59. The van der Waals surface area contributed by atoms with E-state index in [4.69, 9.17) is 16.6 Å². The van der Waals surface area contributed by atoms with E-state index in [1.54, 1.807) is 26.0 Å². The third kappa shape index (κ3) is 13.6. The number of benzene rings is 4. The third-order valence-corrected chi connectivity index (χ3v) is 7.81. The summed E-state index contributed by atoms with van der Waals surface area (Å²) in [5.41, 5.74) is 15.7. The largest absolute Gasteiger partial charge is 0.466 e. The molecule has 2 atom stereocenters. The van der Waals surface area contributed by atoms with Crippen LogP contribution in [-0.4, -0.2) is 25.2 Å². The fourth-order valence-corrected chi connectivity index (χ4v) is 5.76. The van der Waals surface area contributed by atoms with Gasteiger partial charge in [0.25, 0.3) is 0 Å². The summed E-state index contributed by atoms with van der Waals surface area (Å²) >= 11 is 0. The first-order valence-electron chi connectivity index (χ1n) is 17.1. The van der Waals surface area contributed by atoms with E-state index in [0.717, 1.165) is 55.6 Å². The second-order valence-electron chi connectivity index (χ2n) is 11.6. The fourth-order valence-electron chi connectivity index (χ4n) is 5.76. The quantitative estimate of drug-likeness (QED) is 0.165. The van der Waals surface area contributed by atoms with Crippen molar-refractivity contribution in [2.45, 2.75) is 87.1 Å². The van der Waals surface area contributed by atoms with Crippen molar-refractivity contribution in [3.63, 3.8) is 0 Å². The average Bonchev–Trinajstić information content (AvgIpc) is 3.01. The standard InChI is InChI=1S/C20H23FO2.C19H22FNO2.C2H6.2H2S/c1-5-23-19(22)11-13(2)16-7-6-8-17(12-16)20-14(3)9-18(21)10-15(20)4;1-4-23-18(22)11-17(21)14-6-5-7-15(10-14)19-12(2)8-16(20)9-13(19)3;1-2;;/h6-10,12-13H,5,11H2,1-4H3;5-10,17H,4,11,21H2,1-3H3;1-2H3;2*1H2/t13-;17-;;;/m00.../s1/i;;1D;;. The molecule has 274 valence electrons. The van der Waals surface area contributed by atoms with Crippen LogP contribution in [0.5, 0.6) is 0 Å². The highest BCUT2D eigenvalue weighted by Crippen LogP contribution is 2.32. The van der Waals surface area contributed by atoms with Gasteiger partial charge >= 0.3 is 11.9 Å². The van der Waals surface area contributed by atoms with Crippen LogP contribution < -0.4 is 5.73 Å². The molecule has 0 unspecified atom stereocenters. The van der Waals surface area contributed by atoms with Gasteiger partial charge < -0.3 is 15.2 Å². The van der Waals surface area contributed by atoms with Crippen molar-refractivity contribution in [3.05, 3.63) is 118 Å². The highest BCUT2D eigenvalue weighted by Gasteiger charge is 2.16. The van der Waals surface area contributed by atoms with Crippen LogP contribution >= 0.6 is 27.0 Å². The summed E-state index contributed by atoms with van der Waals surface area (Å²) in [6.45, 7) is 16.2. The van der Waals surface area contributed by atoms with Gasteiger partial charge in [0.15, 0.2) is 0 Å². The van der Waals surface area contributed by atoms with Gasteiger partial charge in [-0.15, -0.1) is 0 Å². The highest BCUT2D eigenvalue weighted by atomic mass is 32.1.